The van der Waals surface area contributed by atoms with E-state index in [-0.39, 0.29) is 24.8 Å². The molecule has 0 spiro atoms. The molecule has 1 aliphatic rings. The van der Waals surface area contributed by atoms with E-state index in [4.69, 9.17) is 9.84 Å². The van der Waals surface area contributed by atoms with Gasteiger partial charge >= 0.3 is 12.0 Å². The Bertz CT molecular complexity index is 559. The number of benzene rings is 1. The van der Waals surface area contributed by atoms with Crippen LogP contribution in [0.25, 0.3) is 0 Å². The first-order valence-corrected chi connectivity index (χ1v) is 7.77. The second kappa shape index (κ2) is 8.36. The first-order chi connectivity index (χ1) is 11.0. The summed E-state index contributed by atoms with van der Waals surface area (Å²) >= 11 is 0. The van der Waals surface area contributed by atoms with E-state index >= 15 is 0 Å². The molecular weight excluding hydrogens is 303 g/mol. The van der Waals surface area contributed by atoms with Crippen LogP contribution in [-0.2, 0) is 4.79 Å². The molecule has 0 aromatic heterocycles. The summed E-state index contributed by atoms with van der Waals surface area (Å²) in [5.41, 5.74) is 0.317. The van der Waals surface area contributed by atoms with Gasteiger partial charge in [-0.2, -0.15) is 0 Å². The number of hydrogen-bond acceptors (Lipinski definition) is 3. The Balaban J connectivity index is 1.79. The minimum Gasteiger partial charge on any atom is -0.487 e. The molecule has 6 nitrogen and oxygen atoms in total. The normalized spacial score (nSPS) is 14.5. The number of amides is 2. The molecule has 2 rings (SSSR count). The van der Waals surface area contributed by atoms with Crippen molar-refractivity contribution in [3.05, 3.63) is 24.0 Å². The van der Waals surface area contributed by atoms with E-state index in [1.165, 1.54) is 12.1 Å². The molecule has 23 heavy (non-hydrogen) atoms. The van der Waals surface area contributed by atoms with E-state index in [9.17, 15) is 14.0 Å². The van der Waals surface area contributed by atoms with Crippen molar-refractivity contribution in [2.75, 3.05) is 11.9 Å². The first kappa shape index (κ1) is 17.1. The smallest absolute Gasteiger partial charge is 0.319 e. The van der Waals surface area contributed by atoms with Gasteiger partial charge in [0.15, 0.2) is 11.6 Å². The fraction of sp³-hybridized carbons (Fsp3) is 0.500. The molecule has 0 unspecified atom stereocenters. The van der Waals surface area contributed by atoms with Gasteiger partial charge in [0.25, 0.3) is 0 Å². The highest BCUT2D eigenvalue weighted by atomic mass is 19.1. The van der Waals surface area contributed by atoms with Gasteiger partial charge in [-0.25, -0.2) is 9.18 Å². The minimum absolute atomic E-state index is 0.0118. The topological polar surface area (TPSA) is 87.7 Å². The molecule has 1 aliphatic carbocycles. The molecule has 0 aliphatic heterocycles. The average molecular weight is 324 g/mol. The number of carboxylic acids is 1. The molecule has 1 fully saturated rings. The number of urea groups is 1. The molecule has 126 valence electrons. The summed E-state index contributed by atoms with van der Waals surface area (Å²) in [7, 11) is 0. The molecule has 0 bridgehead atoms. The van der Waals surface area contributed by atoms with Crippen molar-refractivity contribution in [3.8, 4) is 5.75 Å². The average Bonchev–Trinajstić information content (AvgIpc) is 2.99. The third-order valence-corrected chi connectivity index (χ3v) is 3.64. The quantitative estimate of drug-likeness (QED) is 0.672. The van der Waals surface area contributed by atoms with Crippen LogP contribution in [0.4, 0.5) is 14.9 Å². The molecule has 0 radical (unpaired) electrons. The van der Waals surface area contributed by atoms with Crippen LogP contribution < -0.4 is 15.4 Å². The van der Waals surface area contributed by atoms with Gasteiger partial charge < -0.3 is 20.5 Å². The monoisotopic (exact) mass is 324 g/mol. The molecule has 0 heterocycles. The third-order valence-electron chi connectivity index (χ3n) is 3.64. The number of hydrogen-bond donors (Lipinski definition) is 3. The van der Waals surface area contributed by atoms with Crippen molar-refractivity contribution in [3.63, 3.8) is 0 Å². The van der Waals surface area contributed by atoms with Crippen molar-refractivity contribution in [1.29, 1.82) is 0 Å². The highest BCUT2D eigenvalue weighted by molar-refractivity contribution is 5.89. The standard InChI is InChI=1S/C16H21FN2O4/c17-13-10-11(19-16(22)18-9-3-6-15(20)21)7-8-14(13)23-12-4-1-2-5-12/h7-8,10,12H,1-6,9H2,(H,20,21)(H2,18,19,22). The predicted molar refractivity (Wildman–Crippen MR) is 83.2 cm³/mol. The molecule has 0 saturated heterocycles. The van der Waals surface area contributed by atoms with Crippen LogP contribution in [0.15, 0.2) is 18.2 Å². The number of ether oxygens (including phenoxy) is 1. The van der Waals surface area contributed by atoms with Gasteiger partial charge in [0.1, 0.15) is 0 Å². The van der Waals surface area contributed by atoms with Crippen LogP contribution in [-0.4, -0.2) is 29.8 Å². The van der Waals surface area contributed by atoms with Crippen molar-refractivity contribution in [2.24, 2.45) is 0 Å². The first-order valence-electron chi connectivity index (χ1n) is 7.77. The number of nitrogens with one attached hydrogen (secondary N) is 2. The molecule has 1 saturated carbocycles. The highest BCUT2D eigenvalue weighted by Gasteiger charge is 2.18. The van der Waals surface area contributed by atoms with Gasteiger partial charge in [-0.05, 0) is 44.2 Å². The van der Waals surface area contributed by atoms with Crippen molar-refractivity contribution >= 4 is 17.7 Å². The molecule has 0 atom stereocenters. The van der Waals surface area contributed by atoms with Crippen LogP contribution in [0.5, 0.6) is 5.75 Å². The molecule has 7 heteroatoms. The van der Waals surface area contributed by atoms with Gasteiger partial charge in [-0.1, -0.05) is 0 Å². The van der Waals surface area contributed by atoms with Crippen LogP contribution in [0.3, 0.4) is 0 Å². The summed E-state index contributed by atoms with van der Waals surface area (Å²) < 4.78 is 19.6. The van der Waals surface area contributed by atoms with E-state index in [2.05, 4.69) is 10.6 Å². The zero-order chi connectivity index (χ0) is 16.7. The van der Waals surface area contributed by atoms with Crippen LogP contribution in [0, 0.1) is 5.82 Å². The van der Waals surface area contributed by atoms with Crippen LogP contribution in [0.2, 0.25) is 0 Å². The number of carbonyl (C=O) groups is 2. The van der Waals surface area contributed by atoms with Crippen molar-refractivity contribution in [1.82, 2.24) is 5.32 Å². The second-order valence-electron chi connectivity index (χ2n) is 5.55. The summed E-state index contributed by atoms with van der Waals surface area (Å²) in [6, 6.07) is 3.79. The predicted octanol–water partition coefficient (Wildman–Crippen LogP) is 3.13. The summed E-state index contributed by atoms with van der Waals surface area (Å²) in [6.07, 6.45) is 4.49. The Hall–Kier alpha value is -2.31. The summed E-state index contributed by atoms with van der Waals surface area (Å²) in [4.78, 5) is 22.0. The van der Waals surface area contributed by atoms with Gasteiger partial charge in [-0.3, -0.25) is 4.79 Å². The molecule has 2 amide bonds. The van der Waals surface area contributed by atoms with Crippen molar-refractivity contribution < 1.29 is 23.8 Å². The van der Waals surface area contributed by atoms with Gasteiger partial charge in [0, 0.05) is 24.7 Å². The van der Waals surface area contributed by atoms with E-state index in [1.807, 2.05) is 0 Å². The van der Waals surface area contributed by atoms with Crippen molar-refractivity contribution in [2.45, 2.75) is 44.6 Å². The lowest BCUT2D eigenvalue weighted by molar-refractivity contribution is -0.137. The molecule has 3 N–H and O–H groups in total. The maximum atomic E-state index is 14.0. The summed E-state index contributed by atoms with van der Waals surface area (Å²) in [5, 5.41) is 13.5. The van der Waals surface area contributed by atoms with Crippen LogP contribution >= 0.6 is 0 Å². The SMILES string of the molecule is O=C(O)CCCNC(=O)Nc1ccc(OC2CCCC2)c(F)c1. The van der Waals surface area contributed by atoms with E-state index in [0.717, 1.165) is 25.7 Å². The molecular formula is C16H21FN2O4. The maximum absolute atomic E-state index is 14.0. The van der Waals surface area contributed by atoms with E-state index < -0.39 is 17.8 Å². The lowest BCUT2D eigenvalue weighted by atomic mass is 10.2. The molecule has 1 aromatic carbocycles. The zero-order valence-corrected chi connectivity index (χ0v) is 12.8. The molecule has 1 aromatic rings. The Morgan fingerprint density at radius 1 is 1.30 bits per heavy atom. The minimum atomic E-state index is -0.910. The zero-order valence-electron chi connectivity index (χ0n) is 12.8. The Kier molecular flexibility index (Phi) is 6.19. The highest BCUT2D eigenvalue weighted by Crippen LogP contribution is 2.27. The summed E-state index contributed by atoms with van der Waals surface area (Å²) in [5.74, 6) is -1.22. The number of carboxylic acid groups (broad SMARTS) is 1. The third kappa shape index (κ3) is 5.77. The number of aliphatic carboxylic acids is 1. The van der Waals surface area contributed by atoms with Gasteiger partial charge in [0.05, 0.1) is 6.10 Å². The second-order valence-corrected chi connectivity index (χ2v) is 5.55. The van der Waals surface area contributed by atoms with E-state index in [1.54, 1.807) is 6.07 Å². The van der Waals surface area contributed by atoms with Gasteiger partial charge in [0.2, 0.25) is 0 Å². The largest absolute Gasteiger partial charge is 0.487 e. The lowest BCUT2D eigenvalue weighted by Crippen LogP contribution is -2.29. The summed E-state index contributed by atoms with van der Waals surface area (Å²) in [6.45, 7) is 0.240. The number of rotatable bonds is 7. The number of anilines is 1. The Morgan fingerprint density at radius 2 is 2.04 bits per heavy atom. The Labute approximate surface area is 134 Å². The number of carbonyl (C=O) groups excluding carboxylic acids is 1. The maximum Gasteiger partial charge on any atom is 0.319 e. The fourth-order valence-electron chi connectivity index (χ4n) is 2.48. The van der Waals surface area contributed by atoms with E-state index in [0.29, 0.717) is 12.1 Å². The number of halogens is 1. The van der Waals surface area contributed by atoms with Gasteiger partial charge in [-0.15, -0.1) is 0 Å². The lowest BCUT2D eigenvalue weighted by Gasteiger charge is -2.14. The Morgan fingerprint density at radius 3 is 2.70 bits per heavy atom. The van der Waals surface area contributed by atoms with Crippen LogP contribution in [0.1, 0.15) is 38.5 Å². The fourth-order valence-corrected chi connectivity index (χ4v) is 2.48.